The van der Waals surface area contributed by atoms with Gasteiger partial charge < -0.3 is 5.32 Å². The molecule has 1 unspecified atom stereocenters. The monoisotopic (exact) mass is 192 g/mol. The topological polar surface area (TPSA) is 53.6 Å². The Morgan fingerprint density at radius 1 is 1.64 bits per heavy atom. The zero-order valence-electron chi connectivity index (χ0n) is 8.48. The van der Waals surface area contributed by atoms with E-state index in [4.69, 9.17) is 5.26 Å². The number of nitriles is 1. The molecule has 0 amide bonds. The Hall–Kier alpha value is -1.34. The maximum Gasteiger partial charge on any atom is 0.0970 e. The van der Waals surface area contributed by atoms with E-state index in [9.17, 15) is 0 Å². The highest BCUT2D eigenvalue weighted by Gasteiger charge is 2.05. The van der Waals surface area contributed by atoms with Gasteiger partial charge in [-0.05, 0) is 25.5 Å². The molecule has 0 saturated heterocycles. The number of hydrogen-bond acceptors (Lipinski definition) is 3. The van der Waals surface area contributed by atoms with Crippen molar-refractivity contribution in [1.29, 1.82) is 5.26 Å². The number of hydrogen-bond donors (Lipinski definition) is 1. The third-order valence-corrected chi connectivity index (χ3v) is 2.00. The highest BCUT2D eigenvalue weighted by molar-refractivity contribution is 4.89. The molecule has 0 radical (unpaired) electrons. The van der Waals surface area contributed by atoms with Crippen LogP contribution in [0.5, 0.6) is 0 Å². The predicted octanol–water partition coefficient (Wildman–Crippen LogP) is 1.16. The Labute approximate surface area is 84.5 Å². The van der Waals surface area contributed by atoms with E-state index in [-0.39, 0.29) is 6.04 Å². The van der Waals surface area contributed by atoms with Crippen molar-refractivity contribution in [2.45, 2.75) is 32.4 Å². The maximum absolute atomic E-state index is 8.84. The number of nitrogens with zero attached hydrogens (tertiary/aromatic N) is 3. The van der Waals surface area contributed by atoms with Gasteiger partial charge in [-0.2, -0.15) is 10.4 Å². The predicted molar refractivity (Wildman–Crippen MR) is 54.5 cm³/mol. The quantitative estimate of drug-likeness (QED) is 0.736. The van der Waals surface area contributed by atoms with Crippen LogP contribution in [0, 0.1) is 11.3 Å². The SMILES string of the molecule is CCCNC(C#N)CCn1cccn1. The van der Waals surface area contributed by atoms with Gasteiger partial charge in [0.2, 0.25) is 0 Å². The van der Waals surface area contributed by atoms with Crippen molar-refractivity contribution in [3.05, 3.63) is 18.5 Å². The van der Waals surface area contributed by atoms with E-state index < -0.39 is 0 Å². The lowest BCUT2D eigenvalue weighted by molar-refractivity contribution is 0.493. The second-order valence-corrected chi connectivity index (χ2v) is 3.19. The molecule has 1 aromatic rings. The molecule has 0 spiro atoms. The summed E-state index contributed by atoms with van der Waals surface area (Å²) < 4.78 is 1.85. The molecule has 4 nitrogen and oxygen atoms in total. The largest absolute Gasteiger partial charge is 0.302 e. The summed E-state index contributed by atoms with van der Waals surface area (Å²) in [6.45, 7) is 3.79. The van der Waals surface area contributed by atoms with Crippen LogP contribution in [0.25, 0.3) is 0 Å². The highest BCUT2D eigenvalue weighted by atomic mass is 15.3. The van der Waals surface area contributed by atoms with Crippen LogP contribution in [0.1, 0.15) is 19.8 Å². The smallest absolute Gasteiger partial charge is 0.0970 e. The van der Waals surface area contributed by atoms with Crippen molar-refractivity contribution in [2.75, 3.05) is 6.54 Å². The van der Waals surface area contributed by atoms with Crippen LogP contribution in [-0.2, 0) is 6.54 Å². The van der Waals surface area contributed by atoms with E-state index in [1.165, 1.54) is 0 Å². The normalized spacial score (nSPS) is 12.3. The molecule has 0 fully saturated rings. The van der Waals surface area contributed by atoms with Gasteiger partial charge in [0.15, 0.2) is 0 Å². The van der Waals surface area contributed by atoms with Crippen molar-refractivity contribution in [3.8, 4) is 6.07 Å². The van der Waals surface area contributed by atoms with Crippen LogP contribution in [0.2, 0.25) is 0 Å². The van der Waals surface area contributed by atoms with Crippen LogP contribution in [0.4, 0.5) is 0 Å². The number of aromatic nitrogens is 2. The second-order valence-electron chi connectivity index (χ2n) is 3.19. The Balaban J connectivity index is 2.25. The van der Waals surface area contributed by atoms with Crippen molar-refractivity contribution in [2.24, 2.45) is 0 Å². The molecule has 1 N–H and O–H groups in total. The second kappa shape index (κ2) is 6.17. The molecule has 4 heteroatoms. The van der Waals surface area contributed by atoms with Gasteiger partial charge in [0.05, 0.1) is 12.1 Å². The first-order valence-electron chi connectivity index (χ1n) is 4.97. The lowest BCUT2D eigenvalue weighted by Gasteiger charge is -2.10. The summed E-state index contributed by atoms with van der Waals surface area (Å²) in [6, 6.07) is 4.08. The molecule has 0 aliphatic rings. The molecule has 0 aliphatic heterocycles. The Bertz CT molecular complexity index is 273. The fourth-order valence-electron chi connectivity index (χ4n) is 1.22. The van der Waals surface area contributed by atoms with Crippen molar-refractivity contribution in [3.63, 3.8) is 0 Å². The van der Waals surface area contributed by atoms with Crippen LogP contribution >= 0.6 is 0 Å². The molecule has 1 rings (SSSR count). The first-order chi connectivity index (χ1) is 6.86. The summed E-state index contributed by atoms with van der Waals surface area (Å²) >= 11 is 0. The Morgan fingerprint density at radius 2 is 2.50 bits per heavy atom. The molecule has 1 atom stereocenters. The first-order valence-corrected chi connectivity index (χ1v) is 4.97. The van der Waals surface area contributed by atoms with Gasteiger partial charge in [-0.1, -0.05) is 6.92 Å². The lowest BCUT2D eigenvalue weighted by Crippen LogP contribution is -2.29. The van der Waals surface area contributed by atoms with E-state index in [0.717, 1.165) is 25.9 Å². The van der Waals surface area contributed by atoms with Crippen molar-refractivity contribution < 1.29 is 0 Å². The lowest BCUT2D eigenvalue weighted by atomic mass is 10.2. The summed E-state index contributed by atoms with van der Waals surface area (Å²) in [5, 5.41) is 16.1. The van der Waals surface area contributed by atoms with Gasteiger partial charge in [-0.25, -0.2) is 0 Å². The van der Waals surface area contributed by atoms with Gasteiger partial charge in [-0.15, -0.1) is 0 Å². The van der Waals surface area contributed by atoms with Gasteiger partial charge in [-0.3, -0.25) is 4.68 Å². The minimum absolute atomic E-state index is 0.0563. The molecule has 14 heavy (non-hydrogen) atoms. The van der Waals surface area contributed by atoms with Crippen LogP contribution < -0.4 is 5.32 Å². The molecule has 0 saturated carbocycles. The van der Waals surface area contributed by atoms with E-state index in [1.54, 1.807) is 6.20 Å². The molecule has 76 valence electrons. The number of aryl methyl sites for hydroxylation is 1. The van der Waals surface area contributed by atoms with Crippen LogP contribution in [0.3, 0.4) is 0 Å². The molecule has 0 aromatic carbocycles. The average molecular weight is 192 g/mol. The Kier molecular flexibility index (Phi) is 4.73. The molecule has 1 aromatic heterocycles. The number of nitrogens with one attached hydrogen (secondary N) is 1. The molecule has 0 bridgehead atoms. The van der Waals surface area contributed by atoms with Gasteiger partial charge in [0, 0.05) is 18.9 Å². The van der Waals surface area contributed by atoms with E-state index in [0.29, 0.717) is 0 Å². The maximum atomic E-state index is 8.84. The van der Waals surface area contributed by atoms with Crippen molar-refractivity contribution >= 4 is 0 Å². The van der Waals surface area contributed by atoms with Gasteiger partial charge in [0.25, 0.3) is 0 Å². The third kappa shape index (κ3) is 3.58. The van der Waals surface area contributed by atoms with Crippen molar-refractivity contribution in [1.82, 2.24) is 15.1 Å². The molecular weight excluding hydrogens is 176 g/mol. The van der Waals surface area contributed by atoms with Crippen LogP contribution in [-0.4, -0.2) is 22.4 Å². The summed E-state index contributed by atoms with van der Waals surface area (Å²) in [5.41, 5.74) is 0. The number of rotatable bonds is 6. The minimum Gasteiger partial charge on any atom is -0.302 e. The minimum atomic E-state index is -0.0563. The van der Waals surface area contributed by atoms with E-state index in [2.05, 4.69) is 23.4 Å². The Morgan fingerprint density at radius 3 is 3.07 bits per heavy atom. The zero-order valence-corrected chi connectivity index (χ0v) is 8.48. The van der Waals surface area contributed by atoms with E-state index >= 15 is 0 Å². The zero-order chi connectivity index (χ0) is 10.2. The fraction of sp³-hybridized carbons (Fsp3) is 0.600. The van der Waals surface area contributed by atoms with E-state index in [1.807, 2.05) is 16.9 Å². The standard InChI is InChI=1S/C10H16N4/c1-2-5-12-10(9-11)4-8-14-7-3-6-13-14/h3,6-7,10,12H,2,4-5,8H2,1H3. The average Bonchev–Trinajstić information content (AvgIpc) is 2.71. The van der Waals surface area contributed by atoms with Crippen LogP contribution in [0.15, 0.2) is 18.5 Å². The summed E-state index contributed by atoms with van der Waals surface area (Å²) in [4.78, 5) is 0. The molecular formula is C10H16N4. The third-order valence-electron chi connectivity index (χ3n) is 2.00. The summed E-state index contributed by atoms with van der Waals surface area (Å²) in [7, 11) is 0. The molecule has 1 heterocycles. The summed E-state index contributed by atoms with van der Waals surface area (Å²) in [6.07, 6.45) is 5.52. The molecule has 0 aliphatic carbocycles. The fourth-order valence-corrected chi connectivity index (χ4v) is 1.22. The van der Waals surface area contributed by atoms with Gasteiger partial charge >= 0.3 is 0 Å². The first kappa shape index (κ1) is 10.7. The highest BCUT2D eigenvalue weighted by Crippen LogP contribution is 1.95. The summed E-state index contributed by atoms with van der Waals surface area (Å²) in [5.74, 6) is 0. The van der Waals surface area contributed by atoms with Gasteiger partial charge in [0.1, 0.15) is 0 Å².